The van der Waals surface area contributed by atoms with Gasteiger partial charge in [0.05, 0.1) is 25.5 Å². The van der Waals surface area contributed by atoms with Crippen LogP contribution in [0.15, 0.2) is 35.1 Å². The Bertz CT molecular complexity index is 1020. The van der Waals surface area contributed by atoms with Crippen molar-refractivity contribution < 1.29 is 19.4 Å². The highest BCUT2D eigenvalue weighted by atomic mass is 16.5. The molecule has 1 saturated heterocycles. The molecule has 0 spiro atoms. The Labute approximate surface area is 181 Å². The van der Waals surface area contributed by atoms with Crippen LogP contribution < -0.4 is 15.0 Å². The van der Waals surface area contributed by atoms with Gasteiger partial charge in [-0.05, 0) is 43.5 Å². The molecule has 1 aromatic heterocycles. The van der Waals surface area contributed by atoms with Gasteiger partial charge in [0.2, 0.25) is 5.91 Å². The first kappa shape index (κ1) is 21.4. The highest BCUT2D eigenvalue weighted by Crippen LogP contribution is 2.39. The molecule has 2 aliphatic rings. The van der Waals surface area contributed by atoms with Gasteiger partial charge in [-0.1, -0.05) is 12.8 Å². The van der Waals surface area contributed by atoms with Gasteiger partial charge in [-0.25, -0.2) is 4.68 Å². The number of ether oxygens (including phenoxy) is 2. The van der Waals surface area contributed by atoms with Crippen LogP contribution >= 0.6 is 0 Å². The molecule has 0 radical (unpaired) electrons. The number of rotatable bonds is 5. The Kier molecular flexibility index (Phi) is 6.00. The van der Waals surface area contributed by atoms with Gasteiger partial charge in [0, 0.05) is 30.6 Å². The quantitative estimate of drug-likeness (QED) is 0.785. The normalized spacial score (nSPS) is 23.2. The summed E-state index contributed by atoms with van der Waals surface area (Å²) in [6.45, 7) is 0.931. The van der Waals surface area contributed by atoms with Gasteiger partial charge in [0.25, 0.3) is 5.56 Å². The summed E-state index contributed by atoms with van der Waals surface area (Å²) >= 11 is 0. The molecule has 2 atom stereocenters. The van der Waals surface area contributed by atoms with E-state index in [9.17, 15) is 14.7 Å². The number of benzene rings is 1. The Morgan fingerprint density at radius 3 is 2.74 bits per heavy atom. The lowest BCUT2D eigenvalue weighted by atomic mass is 9.71. The van der Waals surface area contributed by atoms with Crippen LogP contribution in [0.2, 0.25) is 0 Å². The van der Waals surface area contributed by atoms with E-state index in [1.165, 1.54) is 10.7 Å². The number of amides is 1. The molecule has 8 nitrogen and oxygen atoms in total. The van der Waals surface area contributed by atoms with Crippen molar-refractivity contribution in [1.29, 1.82) is 0 Å². The zero-order chi connectivity index (χ0) is 22.0. The summed E-state index contributed by atoms with van der Waals surface area (Å²) in [6, 6.07) is 8.44. The monoisotopic (exact) mass is 427 g/mol. The molecular weight excluding hydrogens is 398 g/mol. The molecule has 2 aromatic rings. The van der Waals surface area contributed by atoms with E-state index in [1.807, 2.05) is 6.07 Å². The summed E-state index contributed by atoms with van der Waals surface area (Å²) in [4.78, 5) is 27.1. The number of piperidine rings is 1. The molecule has 0 bridgehead atoms. The summed E-state index contributed by atoms with van der Waals surface area (Å²) in [5.74, 6) is 1.12. The van der Waals surface area contributed by atoms with Crippen LogP contribution in [-0.2, 0) is 11.3 Å². The Morgan fingerprint density at radius 1 is 1.16 bits per heavy atom. The number of carbonyl (C=O) groups excluding carboxylic acids is 1. The maximum atomic E-state index is 12.9. The maximum absolute atomic E-state index is 12.9. The second-order valence-corrected chi connectivity index (χ2v) is 8.42. The van der Waals surface area contributed by atoms with Gasteiger partial charge < -0.3 is 19.5 Å². The van der Waals surface area contributed by atoms with E-state index in [0.29, 0.717) is 36.7 Å². The summed E-state index contributed by atoms with van der Waals surface area (Å²) in [7, 11) is 3.12. The van der Waals surface area contributed by atoms with Crippen molar-refractivity contribution >= 4 is 5.91 Å². The molecule has 2 heterocycles. The second-order valence-electron chi connectivity index (χ2n) is 8.42. The van der Waals surface area contributed by atoms with Crippen molar-refractivity contribution in [3.8, 4) is 22.8 Å². The number of fused-ring (bicyclic) bond motifs is 1. The number of aromatic nitrogens is 2. The van der Waals surface area contributed by atoms with Crippen molar-refractivity contribution in [1.82, 2.24) is 14.7 Å². The fourth-order valence-electron chi connectivity index (χ4n) is 4.74. The minimum Gasteiger partial charge on any atom is -0.493 e. The predicted octanol–water partition coefficient (Wildman–Crippen LogP) is 2.08. The molecule has 8 heteroatoms. The SMILES string of the molecule is COc1ccc(-c2ccc(=O)n(CC(=O)N3CCC4(O)CCCCC4C3)n2)cc1OC. The van der Waals surface area contributed by atoms with Crippen molar-refractivity contribution in [3.05, 3.63) is 40.7 Å². The third kappa shape index (κ3) is 4.30. The molecule has 1 aromatic carbocycles. The lowest BCUT2D eigenvalue weighted by molar-refractivity contribution is -0.144. The molecule has 166 valence electrons. The first-order chi connectivity index (χ1) is 14.9. The zero-order valence-corrected chi connectivity index (χ0v) is 18.0. The first-order valence-corrected chi connectivity index (χ1v) is 10.7. The number of methoxy groups -OCH3 is 2. The highest BCUT2D eigenvalue weighted by molar-refractivity contribution is 5.76. The van der Waals surface area contributed by atoms with E-state index in [4.69, 9.17) is 9.47 Å². The lowest BCUT2D eigenvalue weighted by Crippen LogP contribution is -2.55. The van der Waals surface area contributed by atoms with Gasteiger partial charge >= 0.3 is 0 Å². The molecule has 1 saturated carbocycles. The molecule has 1 aliphatic carbocycles. The number of hydrogen-bond donors (Lipinski definition) is 1. The third-order valence-electron chi connectivity index (χ3n) is 6.61. The highest BCUT2D eigenvalue weighted by Gasteiger charge is 2.43. The fourth-order valence-corrected chi connectivity index (χ4v) is 4.74. The average molecular weight is 428 g/mol. The molecule has 4 rings (SSSR count). The summed E-state index contributed by atoms with van der Waals surface area (Å²) in [5, 5.41) is 15.3. The van der Waals surface area contributed by atoms with E-state index in [1.54, 1.807) is 37.3 Å². The van der Waals surface area contributed by atoms with Crippen LogP contribution in [0.3, 0.4) is 0 Å². The number of hydrogen-bond acceptors (Lipinski definition) is 6. The van der Waals surface area contributed by atoms with E-state index in [-0.39, 0.29) is 23.9 Å². The molecule has 31 heavy (non-hydrogen) atoms. The van der Waals surface area contributed by atoms with Crippen molar-refractivity contribution in [3.63, 3.8) is 0 Å². The van der Waals surface area contributed by atoms with Gasteiger partial charge in [-0.15, -0.1) is 0 Å². The smallest absolute Gasteiger partial charge is 0.267 e. The van der Waals surface area contributed by atoms with Crippen LogP contribution in [-0.4, -0.2) is 58.6 Å². The van der Waals surface area contributed by atoms with Crippen LogP contribution in [0.1, 0.15) is 32.1 Å². The van der Waals surface area contributed by atoms with E-state index in [2.05, 4.69) is 5.10 Å². The van der Waals surface area contributed by atoms with Crippen LogP contribution in [0.4, 0.5) is 0 Å². The topological polar surface area (TPSA) is 93.9 Å². The largest absolute Gasteiger partial charge is 0.493 e. The van der Waals surface area contributed by atoms with Crippen molar-refractivity contribution in [2.75, 3.05) is 27.3 Å². The van der Waals surface area contributed by atoms with Crippen LogP contribution in [0.5, 0.6) is 11.5 Å². The van der Waals surface area contributed by atoms with Crippen LogP contribution in [0, 0.1) is 5.92 Å². The molecule has 2 fully saturated rings. The summed E-state index contributed by atoms with van der Waals surface area (Å²) in [6.07, 6.45) is 4.48. The maximum Gasteiger partial charge on any atom is 0.267 e. The predicted molar refractivity (Wildman–Crippen MR) is 115 cm³/mol. The molecule has 1 aliphatic heterocycles. The number of aliphatic hydroxyl groups is 1. The van der Waals surface area contributed by atoms with E-state index in [0.717, 1.165) is 31.2 Å². The molecule has 1 N–H and O–H groups in total. The number of nitrogens with zero attached hydrogens (tertiary/aromatic N) is 3. The third-order valence-corrected chi connectivity index (χ3v) is 6.61. The van der Waals surface area contributed by atoms with Gasteiger partial charge in [-0.3, -0.25) is 9.59 Å². The number of carbonyl (C=O) groups is 1. The minimum atomic E-state index is -0.641. The van der Waals surface area contributed by atoms with Crippen molar-refractivity contribution in [2.45, 2.75) is 44.2 Å². The Morgan fingerprint density at radius 2 is 1.97 bits per heavy atom. The Hall–Kier alpha value is -2.87. The summed E-state index contributed by atoms with van der Waals surface area (Å²) in [5.41, 5.74) is 0.346. The zero-order valence-electron chi connectivity index (χ0n) is 18.0. The lowest BCUT2D eigenvalue weighted by Gasteiger charge is -2.47. The van der Waals surface area contributed by atoms with Gasteiger partial charge in [-0.2, -0.15) is 5.10 Å². The standard InChI is InChI=1S/C23H29N3O5/c1-30-19-8-6-16(13-20(19)31-2)18-7-9-21(27)26(24-18)15-22(28)25-12-11-23(29)10-4-3-5-17(23)14-25/h6-9,13,17,29H,3-5,10-12,14-15H2,1-2H3. The van der Waals surface area contributed by atoms with E-state index >= 15 is 0 Å². The van der Waals surface area contributed by atoms with Gasteiger partial charge in [0.1, 0.15) is 6.54 Å². The summed E-state index contributed by atoms with van der Waals surface area (Å²) < 4.78 is 11.8. The fraction of sp³-hybridized carbons (Fsp3) is 0.522. The minimum absolute atomic E-state index is 0.113. The first-order valence-electron chi connectivity index (χ1n) is 10.7. The Balaban J connectivity index is 1.52. The van der Waals surface area contributed by atoms with Crippen LogP contribution in [0.25, 0.3) is 11.3 Å². The molecular formula is C23H29N3O5. The number of likely N-dealkylation sites (tertiary alicyclic amines) is 1. The average Bonchev–Trinajstić information content (AvgIpc) is 2.79. The second kappa shape index (κ2) is 8.70. The van der Waals surface area contributed by atoms with Gasteiger partial charge in [0.15, 0.2) is 11.5 Å². The van der Waals surface area contributed by atoms with Crippen molar-refractivity contribution in [2.24, 2.45) is 5.92 Å². The molecule has 1 amide bonds. The van der Waals surface area contributed by atoms with E-state index < -0.39 is 5.60 Å². The molecule has 2 unspecified atom stereocenters.